The molecule has 1 aromatic carbocycles. The number of sulfonamides is 1. The first-order valence-electron chi connectivity index (χ1n) is 7.11. The first-order chi connectivity index (χ1) is 9.72. The molecule has 0 heterocycles. The van der Waals surface area contributed by atoms with Gasteiger partial charge in [0.1, 0.15) is 0 Å². The molecular formula is C15H23NO4S. The molecule has 21 heavy (non-hydrogen) atoms. The number of carboxylic acid groups (broad SMARTS) is 1. The van der Waals surface area contributed by atoms with Gasteiger partial charge in [-0.15, -0.1) is 0 Å². The highest BCUT2D eigenvalue weighted by atomic mass is 32.2. The van der Waals surface area contributed by atoms with Crippen molar-refractivity contribution in [3.63, 3.8) is 0 Å². The Balaban J connectivity index is 3.23. The van der Waals surface area contributed by atoms with E-state index in [0.29, 0.717) is 12.0 Å². The minimum absolute atomic E-state index is 0.0243. The second-order valence-electron chi connectivity index (χ2n) is 5.28. The lowest BCUT2D eigenvalue weighted by Gasteiger charge is -2.21. The first kappa shape index (κ1) is 17.7. The number of nitrogens with one attached hydrogen (secondary N) is 1. The SMILES string of the molecule is CCc1ccc(C(=O)O)cc1S(=O)(=O)NC(C)C(C)CC. The zero-order chi connectivity index (χ0) is 16.2. The molecule has 0 aromatic heterocycles. The van der Waals surface area contributed by atoms with Gasteiger partial charge >= 0.3 is 5.97 Å². The molecule has 0 radical (unpaired) electrons. The molecule has 1 rings (SSSR count). The van der Waals surface area contributed by atoms with Crippen LogP contribution in [0, 0.1) is 5.92 Å². The number of carbonyl (C=O) groups is 1. The van der Waals surface area contributed by atoms with Crippen molar-refractivity contribution in [2.24, 2.45) is 5.92 Å². The smallest absolute Gasteiger partial charge is 0.335 e. The van der Waals surface area contributed by atoms with Crippen LogP contribution in [-0.4, -0.2) is 25.5 Å². The van der Waals surface area contributed by atoms with Crippen molar-refractivity contribution in [2.45, 2.75) is 51.5 Å². The van der Waals surface area contributed by atoms with Crippen LogP contribution in [0.1, 0.15) is 50.0 Å². The number of benzene rings is 1. The Kier molecular flexibility index (Phi) is 5.92. The second kappa shape index (κ2) is 7.04. The summed E-state index contributed by atoms with van der Waals surface area (Å²) in [6, 6.07) is 4.01. The average Bonchev–Trinajstić information content (AvgIpc) is 2.44. The number of aromatic carboxylic acids is 1. The molecule has 0 aliphatic carbocycles. The van der Waals surface area contributed by atoms with E-state index >= 15 is 0 Å². The van der Waals surface area contributed by atoms with Gasteiger partial charge in [0.05, 0.1) is 10.5 Å². The van der Waals surface area contributed by atoms with Gasteiger partial charge in [-0.05, 0) is 37.0 Å². The lowest BCUT2D eigenvalue weighted by Crippen LogP contribution is -2.37. The van der Waals surface area contributed by atoms with Gasteiger partial charge in [-0.25, -0.2) is 17.9 Å². The third-order valence-corrected chi connectivity index (χ3v) is 5.46. The highest BCUT2D eigenvalue weighted by molar-refractivity contribution is 7.89. The fourth-order valence-electron chi connectivity index (χ4n) is 2.01. The van der Waals surface area contributed by atoms with Crippen molar-refractivity contribution >= 4 is 16.0 Å². The number of aryl methyl sites for hydroxylation is 1. The lowest BCUT2D eigenvalue weighted by atomic mass is 10.0. The molecule has 0 aliphatic heterocycles. The molecule has 0 spiro atoms. The van der Waals surface area contributed by atoms with Crippen LogP contribution < -0.4 is 4.72 Å². The Hall–Kier alpha value is -1.40. The summed E-state index contributed by atoms with van der Waals surface area (Å²) in [5, 5.41) is 9.03. The van der Waals surface area contributed by atoms with Gasteiger partial charge in [0.15, 0.2) is 0 Å². The van der Waals surface area contributed by atoms with Crippen LogP contribution in [0.25, 0.3) is 0 Å². The van der Waals surface area contributed by atoms with Crippen molar-refractivity contribution in [2.75, 3.05) is 0 Å². The minimum Gasteiger partial charge on any atom is -0.478 e. The molecule has 0 saturated heterocycles. The Morgan fingerprint density at radius 1 is 1.29 bits per heavy atom. The topological polar surface area (TPSA) is 83.5 Å². The highest BCUT2D eigenvalue weighted by Gasteiger charge is 2.23. The number of hydrogen-bond acceptors (Lipinski definition) is 3. The second-order valence-corrected chi connectivity index (χ2v) is 6.96. The van der Waals surface area contributed by atoms with Gasteiger partial charge in [-0.2, -0.15) is 0 Å². The summed E-state index contributed by atoms with van der Waals surface area (Å²) in [4.78, 5) is 11.1. The van der Waals surface area contributed by atoms with Crippen LogP contribution in [0.2, 0.25) is 0 Å². The standard InChI is InChI=1S/C15H23NO4S/c1-5-10(3)11(4)16-21(19,20)14-9-13(15(17)18)8-7-12(14)6-2/h7-11,16H,5-6H2,1-4H3,(H,17,18). The van der Waals surface area contributed by atoms with Crippen molar-refractivity contribution < 1.29 is 18.3 Å². The van der Waals surface area contributed by atoms with Crippen molar-refractivity contribution in [1.82, 2.24) is 4.72 Å². The van der Waals surface area contributed by atoms with E-state index in [1.807, 2.05) is 27.7 Å². The van der Waals surface area contributed by atoms with E-state index in [1.165, 1.54) is 12.1 Å². The normalized spacial score (nSPS) is 14.7. The summed E-state index contributed by atoms with van der Waals surface area (Å²) >= 11 is 0. The molecule has 1 aromatic rings. The summed E-state index contributed by atoms with van der Waals surface area (Å²) < 4.78 is 27.7. The highest BCUT2D eigenvalue weighted by Crippen LogP contribution is 2.20. The zero-order valence-corrected chi connectivity index (χ0v) is 13.7. The lowest BCUT2D eigenvalue weighted by molar-refractivity contribution is 0.0696. The van der Waals surface area contributed by atoms with Gasteiger partial charge in [0, 0.05) is 6.04 Å². The average molecular weight is 313 g/mol. The van der Waals surface area contributed by atoms with Gasteiger partial charge < -0.3 is 5.11 Å². The van der Waals surface area contributed by atoms with E-state index in [9.17, 15) is 13.2 Å². The van der Waals surface area contributed by atoms with E-state index in [-0.39, 0.29) is 22.4 Å². The van der Waals surface area contributed by atoms with Gasteiger partial charge in [0.2, 0.25) is 10.0 Å². The fourth-order valence-corrected chi connectivity index (χ4v) is 3.70. The predicted molar refractivity (Wildman–Crippen MR) is 82.0 cm³/mol. The molecule has 0 saturated carbocycles. The van der Waals surface area contributed by atoms with Crippen LogP contribution >= 0.6 is 0 Å². The third-order valence-electron chi connectivity index (χ3n) is 3.82. The molecule has 2 unspecified atom stereocenters. The largest absolute Gasteiger partial charge is 0.478 e. The summed E-state index contributed by atoms with van der Waals surface area (Å²) in [6.45, 7) is 7.63. The Morgan fingerprint density at radius 3 is 2.38 bits per heavy atom. The molecule has 0 fully saturated rings. The van der Waals surface area contributed by atoms with Gasteiger partial charge in [-0.3, -0.25) is 0 Å². The minimum atomic E-state index is -3.73. The van der Waals surface area contributed by atoms with E-state index in [1.54, 1.807) is 6.07 Å². The monoisotopic (exact) mass is 313 g/mol. The molecule has 6 heteroatoms. The van der Waals surface area contributed by atoms with Crippen LogP contribution in [0.4, 0.5) is 0 Å². The van der Waals surface area contributed by atoms with Crippen LogP contribution in [0.3, 0.4) is 0 Å². The van der Waals surface area contributed by atoms with Gasteiger partial charge in [-0.1, -0.05) is 33.3 Å². The maximum Gasteiger partial charge on any atom is 0.335 e. The summed E-state index contributed by atoms with van der Waals surface area (Å²) in [6.07, 6.45) is 1.38. The molecule has 0 amide bonds. The quantitative estimate of drug-likeness (QED) is 0.810. The number of hydrogen-bond donors (Lipinski definition) is 2. The molecule has 2 atom stereocenters. The predicted octanol–water partition coefficient (Wildman–Crippen LogP) is 2.66. The number of carboxylic acids is 1. The molecule has 5 nitrogen and oxygen atoms in total. The molecule has 2 N–H and O–H groups in total. The van der Waals surface area contributed by atoms with Crippen LogP contribution in [0.15, 0.2) is 23.1 Å². The Labute approximate surface area is 126 Å². The summed E-state index contributed by atoms with van der Waals surface area (Å²) in [7, 11) is -3.73. The zero-order valence-electron chi connectivity index (χ0n) is 12.9. The summed E-state index contributed by atoms with van der Waals surface area (Å²) in [5.41, 5.74) is 0.590. The maximum absolute atomic E-state index is 12.5. The Bertz CT molecular complexity index is 610. The molecule has 0 bridgehead atoms. The molecule has 0 aliphatic rings. The van der Waals surface area contributed by atoms with Crippen LogP contribution in [0.5, 0.6) is 0 Å². The fraction of sp³-hybridized carbons (Fsp3) is 0.533. The van der Waals surface area contributed by atoms with Crippen molar-refractivity contribution in [3.8, 4) is 0 Å². The van der Waals surface area contributed by atoms with E-state index in [0.717, 1.165) is 6.42 Å². The van der Waals surface area contributed by atoms with E-state index in [2.05, 4.69) is 4.72 Å². The van der Waals surface area contributed by atoms with Crippen molar-refractivity contribution in [1.29, 1.82) is 0 Å². The van der Waals surface area contributed by atoms with Crippen LogP contribution in [-0.2, 0) is 16.4 Å². The van der Waals surface area contributed by atoms with E-state index < -0.39 is 16.0 Å². The maximum atomic E-state index is 12.5. The molecular weight excluding hydrogens is 290 g/mol. The van der Waals surface area contributed by atoms with Crippen molar-refractivity contribution in [3.05, 3.63) is 29.3 Å². The third kappa shape index (κ3) is 4.28. The molecule has 118 valence electrons. The van der Waals surface area contributed by atoms with Gasteiger partial charge in [0.25, 0.3) is 0 Å². The first-order valence-corrected chi connectivity index (χ1v) is 8.59. The van der Waals surface area contributed by atoms with E-state index in [4.69, 9.17) is 5.11 Å². The number of rotatable bonds is 7. The summed E-state index contributed by atoms with van der Waals surface area (Å²) in [5.74, 6) is -0.934. The Morgan fingerprint density at radius 2 is 1.90 bits per heavy atom.